The molecule has 0 radical (unpaired) electrons. The molecule has 0 bridgehead atoms. The fraction of sp³-hybridized carbons (Fsp3) is 0.455. The van der Waals surface area contributed by atoms with E-state index in [1.807, 2.05) is 32.3 Å². The minimum absolute atomic E-state index is 0.0624. The van der Waals surface area contributed by atoms with Crippen LogP contribution in [0.1, 0.15) is 5.56 Å². The Morgan fingerprint density at radius 2 is 1.93 bits per heavy atom. The van der Waals surface area contributed by atoms with E-state index in [2.05, 4.69) is 12.1 Å². The Kier molecular flexibility index (Phi) is 4.59. The molecular formula is C11H18N2O. The Bertz CT molecular complexity index is 249. The highest BCUT2D eigenvalue weighted by molar-refractivity contribution is 5.15. The van der Waals surface area contributed by atoms with Crippen molar-refractivity contribution in [1.29, 1.82) is 0 Å². The molecule has 0 aliphatic heterocycles. The minimum atomic E-state index is 0.0624. The molecule has 0 saturated carbocycles. The second-order valence-electron chi connectivity index (χ2n) is 3.47. The van der Waals surface area contributed by atoms with Crippen molar-refractivity contribution in [3.8, 4) is 0 Å². The summed E-state index contributed by atoms with van der Waals surface area (Å²) in [4.78, 5) is 5.51. The van der Waals surface area contributed by atoms with Crippen molar-refractivity contribution in [1.82, 2.24) is 5.06 Å². The van der Waals surface area contributed by atoms with Crippen LogP contribution in [-0.4, -0.2) is 31.8 Å². The van der Waals surface area contributed by atoms with Crippen LogP contribution in [0, 0.1) is 0 Å². The summed E-state index contributed by atoms with van der Waals surface area (Å²) in [6, 6.07) is 10.2. The van der Waals surface area contributed by atoms with Crippen molar-refractivity contribution < 1.29 is 4.84 Å². The van der Waals surface area contributed by atoms with Crippen LogP contribution in [0.25, 0.3) is 0 Å². The van der Waals surface area contributed by atoms with Gasteiger partial charge >= 0.3 is 0 Å². The summed E-state index contributed by atoms with van der Waals surface area (Å²) in [7, 11) is 3.74. The first-order valence-electron chi connectivity index (χ1n) is 4.80. The highest BCUT2D eigenvalue weighted by Crippen LogP contribution is 2.05. The molecule has 3 heteroatoms. The van der Waals surface area contributed by atoms with E-state index >= 15 is 0 Å². The third-order valence-electron chi connectivity index (χ3n) is 1.93. The van der Waals surface area contributed by atoms with Gasteiger partial charge in [-0.3, -0.25) is 4.84 Å². The molecule has 0 aromatic heterocycles. The van der Waals surface area contributed by atoms with Gasteiger partial charge in [-0.05, 0) is 5.56 Å². The topological polar surface area (TPSA) is 38.5 Å². The summed E-state index contributed by atoms with van der Waals surface area (Å²) in [6.07, 6.45) is 0.919. The first-order chi connectivity index (χ1) is 6.72. The lowest BCUT2D eigenvalue weighted by Crippen LogP contribution is -2.31. The molecule has 3 nitrogen and oxygen atoms in total. The van der Waals surface area contributed by atoms with E-state index in [4.69, 9.17) is 10.6 Å². The molecule has 1 unspecified atom stereocenters. The maximum Gasteiger partial charge on any atom is 0.0954 e. The van der Waals surface area contributed by atoms with Crippen molar-refractivity contribution in [2.45, 2.75) is 12.5 Å². The van der Waals surface area contributed by atoms with E-state index in [1.54, 1.807) is 5.06 Å². The van der Waals surface area contributed by atoms with E-state index in [0.717, 1.165) is 6.42 Å². The van der Waals surface area contributed by atoms with Gasteiger partial charge in [0.2, 0.25) is 0 Å². The van der Waals surface area contributed by atoms with Crippen LogP contribution in [0.3, 0.4) is 0 Å². The Balaban J connectivity index is 2.48. The van der Waals surface area contributed by atoms with Crippen molar-refractivity contribution in [2.24, 2.45) is 5.73 Å². The summed E-state index contributed by atoms with van der Waals surface area (Å²) in [5, 5.41) is 1.69. The highest BCUT2D eigenvalue weighted by Gasteiger charge is 2.09. The molecule has 0 fully saturated rings. The van der Waals surface area contributed by atoms with E-state index in [-0.39, 0.29) is 6.10 Å². The van der Waals surface area contributed by atoms with Crippen molar-refractivity contribution in [3.63, 3.8) is 0 Å². The second kappa shape index (κ2) is 5.75. The van der Waals surface area contributed by atoms with E-state index in [9.17, 15) is 0 Å². The molecule has 14 heavy (non-hydrogen) atoms. The van der Waals surface area contributed by atoms with Crippen LogP contribution in [0.2, 0.25) is 0 Å². The number of hydroxylamine groups is 2. The van der Waals surface area contributed by atoms with Gasteiger partial charge in [-0.1, -0.05) is 30.3 Å². The summed E-state index contributed by atoms with van der Waals surface area (Å²) in [6.45, 7) is 0.535. The molecule has 0 aliphatic rings. The maximum absolute atomic E-state index is 5.62. The molecule has 0 amide bonds. The molecule has 1 atom stereocenters. The number of nitrogens with two attached hydrogens (primary N) is 1. The Hall–Kier alpha value is -0.900. The lowest BCUT2D eigenvalue weighted by Gasteiger charge is -2.19. The van der Waals surface area contributed by atoms with Crippen molar-refractivity contribution in [3.05, 3.63) is 35.9 Å². The molecular weight excluding hydrogens is 176 g/mol. The number of rotatable bonds is 5. The van der Waals surface area contributed by atoms with E-state index in [0.29, 0.717) is 6.54 Å². The summed E-state index contributed by atoms with van der Waals surface area (Å²) >= 11 is 0. The number of hydrogen-bond donors (Lipinski definition) is 1. The summed E-state index contributed by atoms with van der Waals surface area (Å²) in [5.74, 6) is 0. The quantitative estimate of drug-likeness (QED) is 0.712. The largest absolute Gasteiger partial charge is 0.328 e. The van der Waals surface area contributed by atoms with Crippen LogP contribution >= 0.6 is 0 Å². The van der Waals surface area contributed by atoms with Crippen LogP contribution in [0.4, 0.5) is 0 Å². The molecule has 1 aromatic carbocycles. The molecule has 1 rings (SSSR count). The average molecular weight is 194 g/mol. The molecule has 1 aromatic rings. The maximum atomic E-state index is 5.62. The smallest absolute Gasteiger partial charge is 0.0954 e. The van der Waals surface area contributed by atoms with E-state index in [1.165, 1.54) is 5.56 Å². The standard InChI is InChI=1S/C11H18N2O/c1-13(2)14-11(9-12)8-10-6-4-3-5-7-10/h3-7,11H,8-9,12H2,1-2H3. The van der Waals surface area contributed by atoms with E-state index < -0.39 is 0 Å². The Morgan fingerprint density at radius 1 is 1.29 bits per heavy atom. The fourth-order valence-electron chi connectivity index (χ4n) is 1.34. The van der Waals surface area contributed by atoms with Gasteiger partial charge < -0.3 is 5.73 Å². The average Bonchev–Trinajstić information content (AvgIpc) is 2.17. The lowest BCUT2D eigenvalue weighted by molar-refractivity contribution is -0.160. The zero-order chi connectivity index (χ0) is 10.4. The Morgan fingerprint density at radius 3 is 2.43 bits per heavy atom. The van der Waals surface area contributed by atoms with Gasteiger partial charge in [0.25, 0.3) is 0 Å². The predicted molar refractivity (Wildman–Crippen MR) is 57.8 cm³/mol. The van der Waals surface area contributed by atoms with Crippen LogP contribution in [0.15, 0.2) is 30.3 Å². The summed E-state index contributed by atoms with van der Waals surface area (Å²) in [5.41, 5.74) is 6.87. The van der Waals surface area contributed by atoms with Crippen LogP contribution in [-0.2, 0) is 11.3 Å². The van der Waals surface area contributed by atoms with Crippen molar-refractivity contribution >= 4 is 0 Å². The second-order valence-corrected chi connectivity index (χ2v) is 3.47. The fourth-order valence-corrected chi connectivity index (χ4v) is 1.34. The van der Waals surface area contributed by atoms with Gasteiger partial charge in [0.05, 0.1) is 6.10 Å². The number of benzene rings is 1. The van der Waals surface area contributed by atoms with Crippen molar-refractivity contribution in [2.75, 3.05) is 20.6 Å². The molecule has 0 spiro atoms. The zero-order valence-electron chi connectivity index (χ0n) is 8.81. The molecule has 2 N–H and O–H groups in total. The van der Waals surface area contributed by atoms with Gasteiger partial charge in [0, 0.05) is 27.1 Å². The summed E-state index contributed by atoms with van der Waals surface area (Å²) < 4.78 is 0. The Labute approximate surface area is 85.4 Å². The molecule has 0 aliphatic carbocycles. The normalized spacial score (nSPS) is 13.1. The molecule has 0 saturated heterocycles. The third-order valence-corrected chi connectivity index (χ3v) is 1.93. The first-order valence-corrected chi connectivity index (χ1v) is 4.80. The SMILES string of the molecule is CN(C)OC(CN)Cc1ccccc1. The lowest BCUT2D eigenvalue weighted by atomic mass is 10.1. The van der Waals surface area contributed by atoms with Gasteiger partial charge in [0.1, 0.15) is 0 Å². The third kappa shape index (κ3) is 3.87. The molecule has 0 heterocycles. The zero-order valence-corrected chi connectivity index (χ0v) is 8.81. The number of nitrogens with zero attached hydrogens (tertiary/aromatic N) is 1. The number of hydrogen-bond acceptors (Lipinski definition) is 3. The monoisotopic (exact) mass is 194 g/mol. The van der Waals surface area contributed by atoms with Gasteiger partial charge in [-0.25, -0.2) is 0 Å². The first kappa shape index (κ1) is 11.2. The van der Waals surface area contributed by atoms with Gasteiger partial charge in [-0.15, -0.1) is 0 Å². The van der Waals surface area contributed by atoms with Gasteiger partial charge in [0.15, 0.2) is 0 Å². The predicted octanol–water partition coefficient (Wildman–Crippen LogP) is 1.05. The minimum Gasteiger partial charge on any atom is -0.328 e. The molecule has 78 valence electrons. The van der Waals surface area contributed by atoms with Crippen LogP contribution < -0.4 is 5.73 Å². The van der Waals surface area contributed by atoms with Crippen LogP contribution in [0.5, 0.6) is 0 Å². The van der Waals surface area contributed by atoms with Gasteiger partial charge in [-0.2, -0.15) is 5.06 Å². The highest BCUT2D eigenvalue weighted by atomic mass is 16.7.